The highest BCUT2D eigenvalue weighted by atomic mass is 32.3. The first-order valence-electron chi connectivity index (χ1n) is 12.1. The van der Waals surface area contributed by atoms with Gasteiger partial charge in [0.05, 0.1) is 45.5 Å². The van der Waals surface area contributed by atoms with Gasteiger partial charge in [0.25, 0.3) is 0 Å². The summed E-state index contributed by atoms with van der Waals surface area (Å²) in [6.07, 6.45) is 0. The molecule has 0 spiro atoms. The number of benzene rings is 3. The van der Waals surface area contributed by atoms with Gasteiger partial charge < -0.3 is 19.2 Å². The second-order valence-electron chi connectivity index (χ2n) is 9.56. The summed E-state index contributed by atoms with van der Waals surface area (Å²) in [5.74, 6) is 0.397. The van der Waals surface area contributed by atoms with E-state index in [9.17, 15) is 22.4 Å². The minimum Gasteiger partial charge on any atom is -0.493 e. The molecule has 3 heterocycles. The van der Waals surface area contributed by atoms with Crippen LogP contribution in [0, 0.1) is 11.3 Å². The number of rotatable bonds is 5. The molecule has 0 aliphatic carbocycles. The van der Waals surface area contributed by atoms with Crippen LogP contribution in [0.3, 0.4) is 0 Å². The molecule has 10 heteroatoms. The summed E-state index contributed by atoms with van der Waals surface area (Å²) in [6, 6.07) is 16.6. The van der Waals surface area contributed by atoms with Gasteiger partial charge in [-0.25, -0.2) is 0 Å². The molecule has 1 aliphatic rings. The summed E-state index contributed by atoms with van der Waals surface area (Å²) < 4.78 is 45.1. The molecule has 0 bridgehead atoms. The Morgan fingerprint density at radius 3 is 2.61 bits per heavy atom. The molecule has 0 unspecified atom stereocenters. The van der Waals surface area contributed by atoms with E-state index < -0.39 is 15.1 Å². The van der Waals surface area contributed by atoms with Gasteiger partial charge in [-0.1, -0.05) is 18.2 Å². The van der Waals surface area contributed by atoms with Crippen molar-refractivity contribution in [3.8, 4) is 22.9 Å². The number of nitrogens with zero attached hydrogens (tertiary/aromatic N) is 3. The number of pyridine rings is 1. The lowest BCUT2D eigenvalue weighted by atomic mass is 9.99. The van der Waals surface area contributed by atoms with Gasteiger partial charge in [-0.15, -0.1) is 3.89 Å². The van der Waals surface area contributed by atoms with Crippen LogP contribution in [0.1, 0.15) is 18.5 Å². The number of nitriles is 1. The maximum atomic E-state index is 14.0. The third-order valence-corrected chi connectivity index (χ3v) is 7.93. The Morgan fingerprint density at radius 1 is 1.13 bits per heavy atom. The molecule has 8 nitrogen and oxygen atoms in total. The number of H-pyrrole nitrogens is 1. The van der Waals surface area contributed by atoms with Crippen molar-refractivity contribution in [2.45, 2.75) is 17.9 Å². The first-order chi connectivity index (χ1) is 18.2. The standard InChI is InChI=1S/C28H23FN4O4S/c1-3-37-25-12-22-24(11-21(25)17-5-4-6-19(10-17)38(29,35)36)33(18-14-32(2)15-18)28-26(27(22)34)20-8-7-16(13-30)9-23(20)31-28/h4-12,18,31H,3,14-15H2,1-2H3. The third-order valence-electron chi connectivity index (χ3n) is 7.11. The molecular formula is C28H23FN4O4S. The molecule has 3 aromatic carbocycles. The van der Waals surface area contributed by atoms with Crippen molar-refractivity contribution in [2.24, 2.45) is 0 Å². The molecule has 6 rings (SSSR count). The Labute approximate surface area is 217 Å². The van der Waals surface area contributed by atoms with Gasteiger partial charge in [-0.2, -0.15) is 13.7 Å². The smallest absolute Gasteiger partial charge is 0.332 e. The quantitative estimate of drug-likeness (QED) is 0.330. The lowest BCUT2D eigenvalue weighted by Crippen LogP contribution is -2.45. The lowest BCUT2D eigenvalue weighted by molar-refractivity contribution is 0.146. The molecule has 0 amide bonds. The maximum absolute atomic E-state index is 14.0. The van der Waals surface area contributed by atoms with E-state index in [4.69, 9.17) is 4.74 Å². The monoisotopic (exact) mass is 530 g/mol. The van der Waals surface area contributed by atoms with Gasteiger partial charge in [0.15, 0.2) is 5.43 Å². The average Bonchev–Trinajstić information content (AvgIpc) is 3.26. The van der Waals surface area contributed by atoms with Crippen molar-refractivity contribution in [1.29, 1.82) is 5.26 Å². The number of aromatic amines is 1. The van der Waals surface area contributed by atoms with E-state index in [1.54, 1.807) is 30.3 Å². The Balaban J connectivity index is 1.73. The van der Waals surface area contributed by atoms with Crippen LogP contribution in [0.15, 0.2) is 64.3 Å². The molecule has 0 radical (unpaired) electrons. The summed E-state index contributed by atoms with van der Waals surface area (Å²) >= 11 is 0. The molecule has 1 saturated heterocycles. The van der Waals surface area contributed by atoms with Crippen LogP contribution >= 0.6 is 0 Å². The Bertz CT molecular complexity index is 1980. The minimum absolute atomic E-state index is 0.0671. The predicted octanol–water partition coefficient (Wildman–Crippen LogP) is 4.72. The summed E-state index contributed by atoms with van der Waals surface area (Å²) in [7, 11) is -2.89. The number of fused-ring (bicyclic) bond motifs is 4. The molecule has 5 aromatic rings. The van der Waals surface area contributed by atoms with Gasteiger partial charge in [0, 0.05) is 29.6 Å². The van der Waals surface area contributed by atoms with E-state index in [2.05, 4.69) is 20.5 Å². The van der Waals surface area contributed by atoms with Crippen LogP contribution in [-0.4, -0.2) is 49.6 Å². The zero-order valence-corrected chi connectivity index (χ0v) is 21.5. The molecule has 1 fully saturated rings. The number of hydrogen-bond donors (Lipinski definition) is 1. The summed E-state index contributed by atoms with van der Waals surface area (Å²) in [5, 5.41) is 11.1. The van der Waals surface area contributed by atoms with E-state index >= 15 is 0 Å². The predicted molar refractivity (Wildman–Crippen MR) is 144 cm³/mol. The zero-order valence-electron chi connectivity index (χ0n) is 20.7. The van der Waals surface area contributed by atoms with E-state index in [-0.39, 0.29) is 11.5 Å². The van der Waals surface area contributed by atoms with E-state index in [1.165, 1.54) is 18.2 Å². The van der Waals surface area contributed by atoms with Crippen molar-refractivity contribution >= 4 is 43.1 Å². The third kappa shape index (κ3) is 3.74. The normalized spacial score (nSPS) is 14.7. The summed E-state index contributed by atoms with van der Waals surface area (Å²) in [4.78, 5) is 19.1. The van der Waals surface area contributed by atoms with Crippen LogP contribution in [0.25, 0.3) is 44.0 Å². The number of ether oxygens (including phenoxy) is 1. The second-order valence-corrected chi connectivity index (χ2v) is 10.9. The van der Waals surface area contributed by atoms with Crippen molar-refractivity contribution in [1.82, 2.24) is 14.5 Å². The Morgan fingerprint density at radius 2 is 1.92 bits per heavy atom. The molecular weight excluding hydrogens is 507 g/mol. The average molecular weight is 531 g/mol. The topological polar surface area (TPSA) is 108 Å². The van der Waals surface area contributed by atoms with Crippen LogP contribution < -0.4 is 10.2 Å². The molecule has 0 atom stereocenters. The van der Waals surface area contributed by atoms with Crippen molar-refractivity contribution in [2.75, 3.05) is 26.7 Å². The summed E-state index contributed by atoms with van der Waals surface area (Å²) in [5.41, 5.74) is 3.31. The van der Waals surface area contributed by atoms with E-state index in [0.717, 1.165) is 18.5 Å². The molecule has 192 valence electrons. The molecule has 2 aromatic heterocycles. The molecule has 38 heavy (non-hydrogen) atoms. The Kier molecular flexibility index (Phi) is 5.52. The van der Waals surface area contributed by atoms with Crippen molar-refractivity contribution in [3.05, 3.63) is 70.4 Å². The highest BCUT2D eigenvalue weighted by Gasteiger charge is 2.30. The number of halogens is 1. The fraction of sp³-hybridized carbons (Fsp3) is 0.214. The van der Waals surface area contributed by atoms with Gasteiger partial charge in [-0.3, -0.25) is 4.79 Å². The van der Waals surface area contributed by atoms with Crippen LogP contribution in [-0.2, 0) is 10.2 Å². The van der Waals surface area contributed by atoms with Gasteiger partial charge in [-0.05, 0) is 55.9 Å². The van der Waals surface area contributed by atoms with Crippen LogP contribution in [0.5, 0.6) is 5.75 Å². The fourth-order valence-electron chi connectivity index (χ4n) is 5.39. The summed E-state index contributed by atoms with van der Waals surface area (Å²) in [6.45, 7) is 3.66. The van der Waals surface area contributed by atoms with Gasteiger partial charge in [0.1, 0.15) is 11.4 Å². The van der Waals surface area contributed by atoms with Crippen LogP contribution in [0.4, 0.5) is 3.89 Å². The first kappa shape index (κ1) is 24.2. The maximum Gasteiger partial charge on any atom is 0.332 e. The van der Waals surface area contributed by atoms with Gasteiger partial charge in [0.2, 0.25) is 0 Å². The molecule has 1 aliphatic heterocycles. The zero-order chi connectivity index (χ0) is 26.8. The number of likely N-dealkylation sites (tertiary alicyclic amines) is 1. The molecule has 0 saturated carbocycles. The van der Waals surface area contributed by atoms with Crippen molar-refractivity contribution < 1.29 is 17.0 Å². The number of aromatic nitrogens is 2. The Hall–Kier alpha value is -4.20. The number of nitrogens with one attached hydrogen (secondary N) is 1. The minimum atomic E-state index is -4.91. The second kappa shape index (κ2) is 8.68. The number of likely N-dealkylation sites (N-methyl/N-ethyl adjacent to an activating group) is 1. The highest BCUT2D eigenvalue weighted by Crippen LogP contribution is 2.38. The first-order valence-corrected chi connectivity index (χ1v) is 13.5. The SMILES string of the molecule is CCOc1cc2c(=O)c3c4ccc(C#N)cc4[nH]c3n(C3CN(C)C3)c2cc1-c1cccc(S(=O)(=O)F)c1. The largest absolute Gasteiger partial charge is 0.493 e. The van der Waals surface area contributed by atoms with Gasteiger partial charge >= 0.3 is 10.2 Å². The van der Waals surface area contributed by atoms with Crippen LogP contribution in [0.2, 0.25) is 0 Å². The van der Waals surface area contributed by atoms with Crippen molar-refractivity contribution in [3.63, 3.8) is 0 Å². The van der Waals surface area contributed by atoms with E-state index in [0.29, 0.717) is 56.5 Å². The number of hydrogen-bond acceptors (Lipinski definition) is 6. The highest BCUT2D eigenvalue weighted by molar-refractivity contribution is 7.86. The van der Waals surface area contributed by atoms with E-state index in [1.807, 2.05) is 20.0 Å². The lowest BCUT2D eigenvalue weighted by Gasteiger charge is -2.39. The molecule has 1 N–H and O–H groups in total. The fourth-order valence-corrected chi connectivity index (χ4v) is 5.90.